The fraction of sp³-hybridized carbons (Fsp3) is 0.647. The predicted octanol–water partition coefficient (Wildman–Crippen LogP) is 2.00. The third-order valence-electron chi connectivity index (χ3n) is 4.67. The average molecular weight is 341 g/mol. The summed E-state index contributed by atoms with van der Waals surface area (Å²) in [7, 11) is 0. The maximum atomic E-state index is 9.43. The first-order chi connectivity index (χ1) is 11.2. The van der Waals surface area contributed by atoms with Crippen LogP contribution in [0.4, 0.5) is 0 Å². The minimum atomic E-state index is 0.244. The van der Waals surface area contributed by atoms with Crippen LogP contribution in [-0.2, 0) is 6.54 Å². The molecular formula is C17H25ClN2O3. The van der Waals surface area contributed by atoms with Gasteiger partial charge in [-0.25, -0.2) is 0 Å². The second-order valence-electron chi connectivity index (χ2n) is 6.16. The summed E-state index contributed by atoms with van der Waals surface area (Å²) in [5.74, 6) is 1.42. The Morgan fingerprint density at radius 1 is 1.17 bits per heavy atom. The van der Waals surface area contributed by atoms with Crippen LogP contribution < -0.4 is 9.47 Å². The fourth-order valence-electron chi connectivity index (χ4n) is 3.30. The van der Waals surface area contributed by atoms with Gasteiger partial charge in [-0.2, -0.15) is 0 Å². The second kappa shape index (κ2) is 7.71. The molecule has 0 aromatic heterocycles. The van der Waals surface area contributed by atoms with Crippen LogP contribution in [0.2, 0.25) is 5.02 Å². The number of piperazine rings is 1. The van der Waals surface area contributed by atoms with E-state index in [1.54, 1.807) is 0 Å². The summed E-state index contributed by atoms with van der Waals surface area (Å²) in [6.07, 6.45) is 0.994. The summed E-state index contributed by atoms with van der Waals surface area (Å²) in [6.45, 7) is 8.36. The van der Waals surface area contributed by atoms with E-state index in [0.29, 0.717) is 30.0 Å². The summed E-state index contributed by atoms with van der Waals surface area (Å²) in [5.41, 5.74) is 1.15. The monoisotopic (exact) mass is 340 g/mol. The van der Waals surface area contributed by atoms with Gasteiger partial charge in [0.15, 0.2) is 11.5 Å². The molecule has 0 bridgehead atoms. The van der Waals surface area contributed by atoms with Crippen LogP contribution in [-0.4, -0.2) is 66.9 Å². The Morgan fingerprint density at radius 3 is 2.61 bits per heavy atom. The van der Waals surface area contributed by atoms with Gasteiger partial charge in [-0.05, 0) is 24.1 Å². The maximum Gasteiger partial charge on any atom is 0.179 e. The van der Waals surface area contributed by atoms with Crippen molar-refractivity contribution in [2.75, 3.05) is 46.0 Å². The lowest BCUT2D eigenvalue weighted by molar-refractivity contribution is 0.0607. The number of ether oxygens (including phenoxy) is 2. The first kappa shape index (κ1) is 16.8. The largest absolute Gasteiger partial charge is 0.486 e. The number of nitrogens with zero attached hydrogens (tertiary/aromatic N) is 2. The average Bonchev–Trinajstić information content (AvgIpc) is 2.57. The molecule has 0 amide bonds. The van der Waals surface area contributed by atoms with Crippen molar-refractivity contribution >= 4 is 11.6 Å². The molecule has 1 saturated heterocycles. The Kier molecular flexibility index (Phi) is 5.64. The van der Waals surface area contributed by atoms with Gasteiger partial charge in [0, 0.05) is 38.8 Å². The topological polar surface area (TPSA) is 45.2 Å². The zero-order valence-electron chi connectivity index (χ0n) is 13.6. The van der Waals surface area contributed by atoms with Gasteiger partial charge < -0.3 is 14.6 Å². The van der Waals surface area contributed by atoms with Gasteiger partial charge in [0.1, 0.15) is 13.2 Å². The van der Waals surface area contributed by atoms with Crippen LogP contribution in [0.3, 0.4) is 0 Å². The number of fused-ring (bicyclic) bond motifs is 1. The van der Waals surface area contributed by atoms with E-state index in [9.17, 15) is 5.11 Å². The van der Waals surface area contributed by atoms with E-state index in [4.69, 9.17) is 21.1 Å². The lowest BCUT2D eigenvalue weighted by atomic mass is 10.1. The van der Waals surface area contributed by atoms with Crippen molar-refractivity contribution in [2.24, 2.45) is 0 Å². The normalized spacial score (nSPS) is 20.5. The highest BCUT2D eigenvalue weighted by Gasteiger charge is 2.23. The van der Waals surface area contributed by atoms with Crippen LogP contribution >= 0.6 is 11.6 Å². The summed E-state index contributed by atoms with van der Waals surface area (Å²) in [6, 6.07) is 4.31. The second-order valence-corrected chi connectivity index (χ2v) is 6.57. The minimum Gasteiger partial charge on any atom is -0.486 e. The zero-order chi connectivity index (χ0) is 16.2. The predicted molar refractivity (Wildman–Crippen MR) is 90.5 cm³/mol. The number of hydrogen-bond donors (Lipinski definition) is 1. The molecule has 0 aliphatic carbocycles. The molecule has 0 saturated carbocycles. The lowest BCUT2D eigenvalue weighted by Crippen LogP contribution is -2.50. The van der Waals surface area contributed by atoms with Crippen molar-refractivity contribution in [2.45, 2.75) is 25.9 Å². The van der Waals surface area contributed by atoms with Crippen LogP contribution in [0.1, 0.15) is 18.9 Å². The summed E-state index contributed by atoms with van der Waals surface area (Å²) in [4.78, 5) is 4.80. The Labute approximate surface area is 142 Å². The number of hydrogen-bond acceptors (Lipinski definition) is 5. The minimum absolute atomic E-state index is 0.244. The van der Waals surface area contributed by atoms with E-state index in [0.717, 1.165) is 50.5 Å². The molecule has 6 heteroatoms. The Hall–Kier alpha value is -1.01. The number of halogens is 1. The smallest absolute Gasteiger partial charge is 0.179 e. The van der Waals surface area contributed by atoms with Gasteiger partial charge in [0.05, 0.1) is 11.6 Å². The van der Waals surface area contributed by atoms with E-state index in [2.05, 4.69) is 16.7 Å². The van der Waals surface area contributed by atoms with E-state index in [1.807, 2.05) is 12.1 Å². The van der Waals surface area contributed by atoms with Crippen molar-refractivity contribution in [1.82, 2.24) is 9.80 Å². The highest BCUT2D eigenvalue weighted by atomic mass is 35.5. The SMILES string of the molecule is CCC(CO)N1CCN(Cc2cc(Cl)c3c(c2)OCCO3)CC1. The molecule has 0 radical (unpaired) electrons. The third-order valence-corrected chi connectivity index (χ3v) is 4.95. The molecule has 5 nitrogen and oxygen atoms in total. The van der Waals surface area contributed by atoms with Crippen molar-refractivity contribution in [1.29, 1.82) is 0 Å². The van der Waals surface area contributed by atoms with Crippen LogP contribution in [0.5, 0.6) is 11.5 Å². The summed E-state index contributed by atoms with van der Waals surface area (Å²) >= 11 is 6.31. The summed E-state index contributed by atoms with van der Waals surface area (Å²) < 4.78 is 11.2. The first-order valence-corrected chi connectivity index (χ1v) is 8.74. The molecule has 1 aromatic rings. The van der Waals surface area contributed by atoms with E-state index in [1.165, 1.54) is 0 Å². The molecule has 2 heterocycles. The molecular weight excluding hydrogens is 316 g/mol. The van der Waals surface area contributed by atoms with Gasteiger partial charge in [-0.15, -0.1) is 0 Å². The summed E-state index contributed by atoms with van der Waals surface area (Å²) in [5, 5.41) is 10.1. The highest BCUT2D eigenvalue weighted by molar-refractivity contribution is 6.32. The molecule has 2 aliphatic rings. The lowest BCUT2D eigenvalue weighted by Gasteiger charge is -2.38. The molecule has 1 atom stereocenters. The van der Waals surface area contributed by atoms with Gasteiger partial charge in [0.2, 0.25) is 0 Å². The molecule has 2 aliphatic heterocycles. The van der Waals surface area contributed by atoms with Crippen LogP contribution in [0.25, 0.3) is 0 Å². The Morgan fingerprint density at radius 2 is 1.91 bits per heavy atom. The van der Waals surface area contributed by atoms with Gasteiger partial charge >= 0.3 is 0 Å². The van der Waals surface area contributed by atoms with E-state index in [-0.39, 0.29) is 6.61 Å². The Balaban J connectivity index is 1.60. The molecule has 3 rings (SSSR count). The number of aliphatic hydroxyl groups is 1. The van der Waals surface area contributed by atoms with Gasteiger partial charge in [-0.1, -0.05) is 18.5 Å². The molecule has 1 unspecified atom stereocenters. The number of aliphatic hydroxyl groups excluding tert-OH is 1. The number of benzene rings is 1. The third kappa shape index (κ3) is 3.91. The Bertz CT molecular complexity index is 529. The van der Waals surface area contributed by atoms with E-state index < -0.39 is 0 Å². The standard InChI is InChI=1S/C17H25ClN2O3/c1-2-14(12-21)20-5-3-19(4-6-20)11-13-9-15(18)17-16(10-13)22-7-8-23-17/h9-10,14,21H,2-8,11-12H2,1H3. The van der Waals surface area contributed by atoms with Crippen molar-refractivity contribution in [3.8, 4) is 11.5 Å². The molecule has 128 valence electrons. The molecule has 23 heavy (non-hydrogen) atoms. The van der Waals surface area contributed by atoms with Crippen molar-refractivity contribution in [3.63, 3.8) is 0 Å². The van der Waals surface area contributed by atoms with Gasteiger partial charge in [0.25, 0.3) is 0 Å². The quantitative estimate of drug-likeness (QED) is 0.888. The van der Waals surface area contributed by atoms with Crippen molar-refractivity contribution < 1.29 is 14.6 Å². The highest BCUT2D eigenvalue weighted by Crippen LogP contribution is 2.38. The molecule has 1 N–H and O–H groups in total. The molecule has 0 spiro atoms. The van der Waals surface area contributed by atoms with Crippen LogP contribution in [0, 0.1) is 0 Å². The first-order valence-electron chi connectivity index (χ1n) is 8.36. The van der Waals surface area contributed by atoms with E-state index >= 15 is 0 Å². The zero-order valence-corrected chi connectivity index (χ0v) is 14.4. The molecule has 1 aromatic carbocycles. The van der Waals surface area contributed by atoms with Crippen LogP contribution in [0.15, 0.2) is 12.1 Å². The molecule has 1 fully saturated rings. The fourth-order valence-corrected chi connectivity index (χ4v) is 3.59. The maximum absolute atomic E-state index is 9.43. The number of rotatable bonds is 5. The van der Waals surface area contributed by atoms with Crippen molar-refractivity contribution in [3.05, 3.63) is 22.7 Å². The van der Waals surface area contributed by atoms with Gasteiger partial charge in [-0.3, -0.25) is 9.80 Å².